The Kier molecular flexibility index (Phi) is 36.4. The number of hydrogen-bond donors (Lipinski definition) is 6. The van der Waals surface area contributed by atoms with E-state index >= 15 is 0 Å². The highest BCUT2D eigenvalue weighted by atomic mass is 79.9. The van der Waals surface area contributed by atoms with E-state index in [0.717, 1.165) is 79.6 Å². The van der Waals surface area contributed by atoms with Crippen LogP contribution in [-0.4, -0.2) is 186 Å². The third-order valence-electron chi connectivity index (χ3n) is 20.2. The van der Waals surface area contributed by atoms with Gasteiger partial charge in [0.15, 0.2) is 51.5 Å². The molecule has 19 aromatic rings. The predicted molar refractivity (Wildman–Crippen MR) is 538 cm³/mol. The molecule has 0 saturated carbocycles. The van der Waals surface area contributed by atoms with Crippen molar-refractivity contribution in [3.05, 3.63) is 307 Å². The molecule has 0 saturated heterocycles. The third-order valence-corrected chi connectivity index (χ3v) is 24.4. The minimum Gasteiger partial charge on any atom is -0.744 e. The van der Waals surface area contributed by atoms with Crippen LogP contribution in [0, 0.1) is 20.8 Å². The van der Waals surface area contributed by atoms with Gasteiger partial charge in [-0.15, -0.1) is 71.5 Å². The zero-order valence-electron chi connectivity index (χ0n) is 78.6. The maximum atomic E-state index is 12.9. The molecule has 0 aliphatic heterocycles. The van der Waals surface area contributed by atoms with Gasteiger partial charge in [-0.25, -0.2) is 84.5 Å². The number of fused-ring (bicyclic) bond motifs is 4. The fraction of sp³-hybridized carbons (Fsp3) is 0.198. The van der Waals surface area contributed by atoms with Crippen molar-refractivity contribution in [3.8, 4) is 65.9 Å². The Morgan fingerprint density at radius 2 is 0.958 bits per heavy atom. The second-order valence-corrected chi connectivity index (χ2v) is 36.5. The molecule has 39 nitrogen and oxygen atoms in total. The first-order valence-electron chi connectivity index (χ1n) is 42.9. The molecule has 0 spiro atoms. The van der Waals surface area contributed by atoms with Crippen molar-refractivity contribution >= 4 is 142 Å². The highest BCUT2D eigenvalue weighted by molar-refractivity contribution is 9.10. The number of benzene rings is 4. The lowest BCUT2D eigenvalue weighted by Gasteiger charge is -2.19. The minimum atomic E-state index is -4.33. The molecular formula is C96H95BrClF2N25O14S4. The number of halogens is 4. The van der Waals surface area contributed by atoms with Crippen molar-refractivity contribution in [3.63, 3.8) is 0 Å². The van der Waals surface area contributed by atoms with Crippen molar-refractivity contribution < 1.29 is 80.0 Å². The van der Waals surface area contributed by atoms with E-state index in [1.165, 1.54) is 90.5 Å². The summed E-state index contributed by atoms with van der Waals surface area (Å²) in [6.45, 7) is 14.2. The van der Waals surface area contributed by atoms with Crippen LogP contribution in [0.4, 0.5) is 20.3 Å². The molecule has 9 N–H and O–H groups in total. The number of aliphatic hydroxyl groups excluding tert-OH is 1. The monoisotopic (exact) mass is 2100 g/mol. The molecule has 0 unspecified atom stereocenters. The molecule has 740 valence electrons. The number of ketones is 2. The Labute approximate surface area is 842 Å². The molecule has 0 atom stereocenters. The number of pyridine rings is 5. The van der Waals surface area contributed by atoms with Crippen molar-refractivity contribution in [2.24, 2.45) is 21.1 Å². The molecule has 0 amide bonds. The molecule has 0 fully saturated rings. The number of alkyl halides is 2. The van der Waals surface area contributed by atoms with Crippen LogP contribution in [0.1, 0.15) is 138 Å². The van der Waals surface area contributed by atoms with Gasteiger partial charge in [0.2, 0.25) is 10.5 Å². The molecule has 15 heterocycles. The van der Waals surface area contributed by atoms with Gasteiger partial charge in [0.25, 0.3) is 12.2 Å². The minimum absolute atomic E-state index is 0. The van der Waals surface area contributed by atoms with E-state index in [-0.39, 0.29) is 64.6 Å². The molecule has 0 radical (unpaired) electrons. The normalized spacial score (nSPS) is 10.9. The fourth-order valence-corrected chi connectivity index (χ4v) is 17.6. The topological polar surface area (TPSA) is 534 Å². The average molecular weight is 2100 g/mol. The summed E-state index contributed by atoms with van der Waals surface area (Å²) >= 11 is 7.20. The van der Waals surface area contributed by atoms with E-state index in [4.69, 9.17) is 37.4 Å². The summed E-state index contributed by atoms with van der Waals surface area (Å²) < 4.78 is 80.5. The first-order valence-corrected chi connectivity index (χ1v) is 47.7. The Hall–Kier alpha value is -15.9. The fourth-order valence-electron chi connectivity index (χ4n) is 13.7. The number of nitrogens with two attached hydrogens (primary N) is 3. The Morgan fingerprint density at radius 3 is 1.39 bits per heavy atom. The Bertz CT molecular complexity index is 7830. The standard InChI is InChI=1S/C18H19N3O2.C16H11BrF2N6OS.C13H9N3O2.C12H10N4.C11H13N3O2S.C10H11N3O2S.C9H12O3S.C7H9N3O2.ClH/c1-18(2,3)23-16(22)12-13-9-10-21-15(11-13)19-17(20-21)14-7-5-4-6-8-14;1-24-13(9(6-20-24)15-21-10(7-27-15)14(18)19)11(26)4-8-2-3-25-12(5-8)22-16(17)23-25;17-13(18)10-6-7-16-11(8-10)14-12(15-16)9-4-2-1-3-5-9;13-10-6-7-16-11(8-10)14-12(15-16)9-4-2-1-3-5-9;1-3-7-6-17-11(13-7)8-4-12-14(2)10(8)9(16)5-15;1-3-6-5-16-9(12-6)7-4-11-13(2)8(7)10(14)15;1-6-4-7(2)9(8(3)5-6)13(10,11)12;1-12-7(11)5-2-3-10(9)6(8)4-5;/h4-11H,12H2,1-3H3;2-3,5-7,14H,4H2,1H3;1-8H,(H,17,18);1-8H,13H2;4,6,15H,3,5H2,1-2H3;4-5H,3H2,1-2H3,(H,14,15);4-5H,1-3H3,(H,10,11,12);2-4,8H,9H2,1H3;1H. The van der Waals surface area contributed by atoms with Crippen LogP contribution in [0.25, 0.3) is 88.5 Å². The molecule has 47 heteroatoms. The number of carboxylic acids is 2. The number of anilines is 2. The maximum absolute atomic E-state index is 12.9. The zero-order valence-corrected chi connectivity index (χ0v) is 84.3. The molecule has 0 bridgehead atoms. The second-order valence-electron chi connectivity index (χ2n) is 31.9. The van der Waals surface area contributed by atoms with E-state index in [2.05, 4.69) is 91.2 Å². The molecule has 0 aliphatic carbocycles. The smallest absolute Gasteiger partial charge is 0.354 e. The van der Waals surface area contributed by atoms with E-state index < -0.39 is 46.7 Å². The molecule has 143 heavy (non-hydrogen) atoms. The van der Waals surface area contributed by atoms with Crippen LogP contribution < -0.4 is 22.0 Å². The number of Topliss-reactive ketones (excluding diaryl/α,β-unsaturated/α-hetero) is 2. The van der Waals surface area contributed by atoms with Gasteiger partial charge < -0.3 is 35.1 Å². The van der Waals surface area contributed by atoms with E-state index in [0.29, 0.717) is 105 Å². The van der Waals surface area contributed by atoms with Crippen LogP contribution in [-0.2, 0) is 71.2 Å². The number of carboxylic acid groups (broad SMARTS) is 2. The average Bonchev–Trinajstić information content (AvgIpc) is 1.60. The molecule has 19 rings (SSSR count). The van der Waals surface area contributed by atoms with E-state index in [1.54, 1.807) is 114 Å². The van der Waals surface area contributed by atoms with Crippen LogP contribution in [0.3, 0.4) is 0 Å². The van der Waals surface area contributed by atoms with Gasteiger partial charge in [0, 0.05) is 103 Å². The number of aromatic nitrogens is 22. The lowest BCUT2D eigenvalue weighted by molar-refractivity contribution is -0.623. The van der Waals surface area contributed by atoms with E-state index in [1.807, 2.05) is 168 Å². The van der Waals surface area contributed by atoms with Crippen LogP contribution in [0.5, 0.6) is 0 Å². The Balaban J connectivity index is 0.000000158. The van der Waals surface area contributed by atoms with E-state index in [9.17, 15) is 50.5 Å². The highest BCUT2D eigenvalue weighted by Crippen LogP contribution is 2.34. The predicted octanol–water partition coefficient (Wildman–Crippen LogP) is 15.1. The summed E-state index contributed by atoms with van der Waals surface area (Å²) in [4.78, 5) is 99.4. The first-order chi connectivity index (χ1) is 67.7. The highest BCUT2D eigenvalue weighted by Gasteiger charge is 2.26. The lowest BCUT2D eigenvalue weighted by Crippen LogP contribution is -2.46. The quantitative estimate of drug-likeness (QED) is 0.0136. The van der Waals surface area contributed by atoms with Gasteiger partial charge in [-0.05, 0) is 141 Å². The maximum Gasteiger partial charge on any atom is 0.354 e. The largest absolute Gasteiger partial charge is 0.744 e. The number of nitrogen functional groups attached to an aromatic ring is 3. The van der Waals surface area contributed by atoms with Gasteiger partial charge in [0.1, 0.15) is 60.6 Å². The number of hydrogen-bond acceptors (Lipinski definition) is 32. The zero-order chi connectivity index (χ0) is 103. The summed E-state index contributed by atoms with van der Waals surface area (Å²) in [6.07, 6.45) is 12.4. The molecule has 4 aromatic carbocycles. The molecular weight excluding hydrogens is 2010 g/mol. The summed E-state index contributed by atoms with van der Waals surface area (Å²) in [5, 5.41) is 63.3. The summed E-state index contributed by atoms with van der Waals surface area (Å²) in [5.41, 5.74) is 25.3. The number of carbonyl (C=O) groups is 6. The van der Waals surface area contributed by atoms with Crippen LogP contribution in [0.15, 0.2) is 239 Å². The number of aromatic carboxylic acids is 2. The van der Waals surface area contributed by atoms with Gasteiger partial charge in [-0.1, -0.05) is 123 Å². The lowest BCUT2D eigenvalue weighted by atomic mass is 10.1. The third kappa shape index (κ3) is 28.3. The molecule has 0 aliphatic rings. The van der Waals surface area contributed by atoms with Crippen LogP contribution in [0.2, 0.25) is 0 Å². The van der Waals surface area contributed by atoms with Crippen LogP contribution >= 0.6 is 62.3 Å². The van der Waals surface area contributed by atoms with Crippen molar-refractivity contribution in [2.45, 2.75) is 98.0 Å². The van der Waals surface area contributed by atoms with Crippen molar-refractivity contribution in [1.29, 1.82) is 0 Å². The number of carbonyl (C=O) groups excluding carboxylic acids is 4. The second kappa shape index (κ2) is 48.4. The number of aliphatic hydroxyl groups is 1. The van der Waals surface area contributed by atoms with Crippen molar-refractivity contribution in [2.75, 3.05) is 31.0 Å². The summed E-state index contributed by atoms with van der Waals surface area (Å²) in [7, 11) is 1.91. The first kappa shape index (κ1) is 108. The molecule has 15 aromatic heterocycles. The number of rotatable bonds is 20. The summed E-state index contributed by atoms with van der Waals surface area (Å²) in [5.74, 6) is 4.48. The number of nitrogens with zero attached hydrogens (tertiary/aromatic N) is 22. The van der Waals surface area contributed by atoms with Gasteiger partial charge in [0.05, 0.1) is 76.2 Å². The number of aryl methyl sites for hydroxylation is 8. The number of esters is 2. The number of ether oxygens (including phenoxy) is 2. The summed E-state index contributed by atoms with van der Waals surface area (Å²) in [6, 6.07) is 49.5. The van der Waals surface area contributed by atoms with Gasteiger partial charge >= 0.3 is 23.9 Å². The SMILES string of the molecule is CC(C)(C)OC(=O)Cc1ccn2nc(-c3ccccc3)nc2c1.CCc1csc(-c2cnn(C)c2C(=O)CO)n1.CCc1csc(-c2cnn(C)c2C(=O)O)n1.COC(=O)c1cc[n+](N)c(N)c1.Cc1cc(C)c(S(=O)(=O)[O-])c(C)c1.Cl.Cn1ncc(-c2nc(C(F)F)cs2)c1C(=O)Cc1ccn2nc(Br)nc2c1.Nc1ccn2nc(-c3ccccc3)nc2c1.O=C(O)c1ccn2nc(-c3ccccc3)nc2c1. The van der Waals surface area contributed by atoms with Gasteiger partial charge in [-0.2, -0.15) is 15.3 Å². The number of thiazole rings is 3. The Morgan fingerprint density at radius 1 is 0.531 bits per heavy atom. The van der Waals surface area contributed by atoms with Crippen molar-refractivity contribution in [1.82, 2.24) is 103 Å². The number of methoxy groups -OCH3 is 1. The van der Waals surface area contributed by atoms with Gasteiger partial charge in [-0.3, -0.25) is 40.0 Å².